The van der Waals surface area contributed by atoms with Crippen LogP contribution in [0.25, 0.3) is 0 Å². The molecular weight excluding hydrogens is 208 g/mol. The summed E-state index contributed by atoms with van der Waals surface area (Å²) in [7, 11) is 0. The summed E-state index contributed by atoms with van der Waals surface area (Å²) >= 11 is 0. The lowest BCUT2D eigenvalue weighted by Gasteiger charge is -2.35. The van der Waals surface area contributed by atoms with E-state index >= 15 is 0 Å². The van der Waals surface area contributed by atoms with Crippen molar-refractivity contribution >= 4 is 11.8 Å². The summed E-state index contributed by atoms with van der Waals surface area (Å²) in [5.41, 5.74) is 0. The molecule has 90 valence electrons. The number of carbonyl (C=O) groups is 2. The molecule has 0 aromatic rings. The fourth-order valence-electron chi connectivity index (χ4n) is 2.34. The number of nitrogens with one attached hydrogen (secondary N) is 1. The number of piperazine rings is 1. The van der Waals surface area contributed by atoms with Gasteiger partial charge in [-0.1, -0.05) is 6.92 Å². The standard InChI is InChI=1S/C11H18N2O3/c1-2-8-10(14)12-5-6-13(8)11(15)9-4-3-7-16-9/h8-9H,2-7H2,1H3,(H,12,14)/t8?,9-/m1/s1. The Bertz CT molecular complexity index is 287. The summed E-state index contributed by atoms with van der Waals surface area (Å²) in [6, 6.07) is -0.314. The van der Waals surface area contributed by atoms with Crippen molar-refractivity contribution < 1.29 is 14.3 Å². The highest BCUT2D eigenvalue weighted by Crippen LogP contribution is 2.18. The van der Waals surface area contributed by atoms with E-state index in [1.807, 2.05) is 6.92 Å². The quantitative estimate of drug-likeness (QED) is 0.715. The smallest absolute Gasteiger partial charge is 0.252 e. The maximum atomic E-state index is 12.1. The first-order valence-electron chi connectivity index (χ1n) is 5.94. The average Bonchev–Trinajstić information content (AvgIpc) is 2.81. The van der Waals surface area contributed by atoms with Crippen molar-refractivity contribution in [3.63, 3.8) is 0 Å². The molecule has 16 heavy (non-hydrogen) atoms. The van der Waals surface area contributed by atoms with Crippen molar-refractivity contribution in [1.29, 1.82) is 0 Å². The molecule has 2 rings (SSSR count). The number of amides is 2. The van der Waals surface area contributed by atoms with Gasteiger partial charge in [-0.15, -0.1) is 0 Å². The van der Waals surface area contributed by atoms with Crippen LogP contribution < -0.4 is 5.32 Å². The lowest BCUT2D eigenvalue weighted by atomic mass is 10.1. The number of hydrogen-bond acceptors (Lipinski definition) is 3. The Balaban J connectivity index is 2.05. The fourth-order valence-corrected chi connectivity index (χ4v) is 2.34. The van der Waals surface area contributed by atoms with Crippen LogP contribution >= 0.6 is 0 Å². The normalized spacial score (nSPS) is 30.3. The van der Waals surface area contributed by atoms with Crippen molar-refractivity contribution in [3.05, 3.63) is 0 Å². The van der Waals surface area contributed by atoms with Crippen molar-refractivity contribution in [2.24, 2.45) is 0 Å². The third-order valence-corrected chi connectivity index (χ3v) is 3.21. The highest BCUT2D eigenvalue weighted by Gasteiger charge is 2.36. The Morgan fingerprint density at radius 1 is 1.62 bits per heavy atom. The largest absolute Gasteiger partial charge is 0.368 e. The van der Waals surface area contributed by atoms with Crippen LogP contribution in [-0.2, 0) is 14.3 Å². The van der Waals surface area contributed by atoms with Gasteiger partial charge < -0.3 is 15.0 Å². The molecule has 0 aromatic heterocycles. The van der Waals surface area contributed by atoms with E-state index in [0.717, 1.165) is 12.8 Å². The van der Waals surface area contributed by atoms with Gasteiger partial charge in [-0.05, 0) is 19.3 Å². The Labute approximate surface area is 95.1 Å². The maximum Gasteiger partial charge on any atom is 0.252 e. The molecule has 0 radical (unpaired) electrons. The van der Waals surface area contributed by atoms with E-state index in [0.29, 0.717) is 26.1 Å². The van der Waals surface area contributed by atoms with Crippen LogP contribution in [0.5, 0.6) is 0 Å². The van der Waals surface area contributed by atoms with Crippen molar-refractivity contribution in [2.75, 3.05) is 19.7 Å². The first-order chi connectivity index (χ1) is 7.74. The Hall–Kier alpha value is -1.10. The van der Waals surface area contributed by atoms with Gasteiger partial charge in [0.25, 0.3) is 5.91 Å². The second-order valence-corrected chi connectivity index (χ2v) is 4.25. The molecule has 0 saturated carbocycles. The van der Waals surface area contributed by atoms with Gasteiger partial charge in [-0.25, -0.2) is 0 Å². The molecule has 2 heterocycles. The number of carbonyl (C=O) groups excluding carboxylic acids is 2. The molecule has 2 amide bonds. The molecule has 1 N–H and O–H groups in total. The molecule has 0 aliphatic carbocycles. The number of hydrogen-bond donors (Lipinski definition) is 1. The highest BCUT2D eigenvalue weighted by molar-refractivity contribution is 5.90. The van der Waals surface area contributed by atoms with E-state index in [1.54, 1.807) is 4.90 Å². The summed E-state index contributed by atoms with van der Waals surface area (Å²) < 4.78 is 5.37. The van der Waals surface area contributed by atoms with Crippen molar-refractivity contribution in [3.8, 4) is 0 Å². The van der Waals surface area contributed by atoms with E-state index in [1.165, 1.54) is 0 Å². The maximum absolute atomic E-state index is 12.1. The van der Waals surface area contributed by atoms with Gasteiger partial charge in [0.1, 0.15) is 12.1 Å². The third kappa shape index (κ3) is 2.04. The van der Waals surface area contributed by atoms with Gasteiger partial charge in [0.15, 0.2) is 0 Å². The molecule has 2 saturated heterocycles. The summed E-state index contributed by atoms with van der Waals surface area (Å²) in [5.74, 6) is -0.0562. The topological polar surface area (TPSA) is 58.6 Å². The van der Waals surface area contributed by atoms with Gasteiger partial charge in [-0.2, -0.15) is 0 Å². The minimum Gasteiger partial charge on any atom is -0.368 e. The van der Waals surface area contributed by atoms with Gasteiger partial charge in [0.05, 0.1) is 0 Å². The summed E-state index contributed by atoms with van der Waals surface area (Å²) in [6.07, 6.45) is 2.06. The lowest BCUT2D eigenvalue weighted by Crippen LogP contribution is -2.58. The SMILES string of the molecule is CCC1C(=O)NCCN1C(=O)[C@H]1CCCO1. The second kappa shape index (κ2) is 4.82. The molecule has 5 nitrogen and oxygen atoms in total. The predicted octanol–water partition coefficient (Wildman–Crippen LogP) is -0.0976. The monoisotopic (exact) mass is 226 g/mol. The molecule has 2 fully saturated rings. The first-order valence-corrected chi connectivity index (χ1v) is 5.94. The van der Waals surface area contributed by atoms with Gasteiger partial charge >= 0.3 is 0 Å². The van der Waals surface area contributed by atoms with Crippen LogP contribution in [0.2, 0.25) is 0 Å². The molecule has 0 aromatic carbocycles. The number of nitrogens with zero attached hydrogens (tertiary/aromatic N) is 1. The zero-order valence-electron chi connectivity index (χ0n) is 9.57. The number of rotatable bonds is 2. The number of ether oxygens (including phenoxy) is 1. The summed E-state index contributed by atoms with van der Waals surface area (Å²) in [4.78, 5) is 25.4. The summed E-state index contributed by atoms with van der Waals surface area (Å²) in [5, 5.41) is 2.78. The third-order valence-electron chi connectivity index (χ3n) is 3.21. The molecule has 1 unspecified atom stereocenters. The minimum absolute atomic E-state index is 0.0146. The second-order valence-electron chi connectivity index (χ2n) is 4.25. The Kier molecular flexibility index (Phi) is 3.43. The van der Waals surface area contributed by atoms with Crippen LogP contribution in [-0.4, -0.2) is 48.6 Å². The molecule has 2 aliphatic rings. The molecule has 0 bridgehead atoms. The van der Waals surface area contributed by atoms with Crippen LogP contribution in [0.15, 0.2) is 0 Å². The van der Waals surface area contributed by atoms with Gasteiger partial charge in [0, 0.05) is 19.7 Å². The first kappa shape index (κ1) is 11.4. The summed E-state index contributed by atoms with van der Waals surface area (Å²) in [6.45, 7) is 3.73. The minimum atomic E-state index is -0.319. The van der Waals surface area contributed by atoms with E-state index < -0.39 is 0 Å². The average molecular weight is 226 g/mol. The molecule has 2 aliphatic heterocycles. The lowest BCUT2D eigenvalue weighted by molar-refractivity contribution is -0.150. The molecule has 5 heteroatoms. The highest BCUT2D eigenvalue weighted by atomic mass is 16.5. The van der Waals surface area contributed by atoms with Gasteiger partial charge in [-0.3, -0.25) is 9.59 Å². The molecule has 0 spiro atoms. The van der Waals surface area contributed by atoms with Crippen LogP contribution in [0.4, 0.5) is 0 Å². The van der Waals surface area contributed by atoms with Crippen LogP contribution in [0.1, 0.15) is 26.2 Å². The fraction of sp³-hybridized carbons (Fsp3) is 0.818. The predicted molar refractivity (Wildman–Crippen MR) is 57.8 cm³/mol. The molecular formula is C11H18N2O3. The molecule has 2 atom stereocenters. The zero-order valence-corrected chi connectivity index (χ0v) is 9.57. The van der Waals surface area contributed by atoms with E-state index in [2.05, 4.69) is 5.32 Å². The van der Waals surface area contributed by atoms with Crippen LogP contribution in [0, 0.1) is 0 Å². The Morgan fingerprint density at radius 3 is 3.06 bits per heavy atom. The Morgan fingerprint density at radius 2 is 2.44 bits per heavy atom. The van der Waals surface area contributed by atoms with E-state index in [4.69, 9.17) is 4.74 Å². The van der Waals surface area contributed by atoms with Crippen molar-refractivity contribution in [2.45, 2.75) is 38.3 Å². The van der Waals surface area contributed by atoms with E-state index in [9.17, 15) is 9.59 Å². The van der Waals surface area contributed by atoms with Crippen LogP contribution in [0.3, 0.4) is 0 Å². The van der Waals surface area contributed by atoms with Gasteiger partial charge in [0.2, 0.25) is 5.91 Å². The van der Waals surface area contributed by atoms with Crippen molar-refractivity contribution in [1.82, 2.24) is 10.2 Å². The zero-order chi connectivity index (χ0) is 11.5. The van der Waals surface area contributed by atoms with E-state index in [-0.39, 0.29) is 24.0 Å².